The number of nitrogens with zero attached hydrogens (tertiary/aromatic N) is 2. The van der Waals surface area contributed by atoms with E-state index in [2.05, 4.69) is 10.3 Å². The van der Waals surface area contributed by atoms with E-state index < -0.39 is 17.7 Å². The van der Waals surface area contributed by atoms with Gasteiger partial charge in [-0.05, 0) is 59.2 Å². The molecule has 160 valence electrons. The van der Waals surface area contributed by atoms with E-state index >= 15 is 0 Å². The molecule has 0 spiro atoms. The molecule has 0 unspecified atom stereocenters. The van der Waals surface area contributed by atoms with Crippen molar-refractivity contribution in [3.8, 4) is 16.9 Å². The topological polar surface area (TPSA) is 80.8 Å². The van der Waals surface area contributed by atoms with Crippen molar-refractivity contribution in [2.45, 2.75) is 58.8 Å². The number of hydrogen-bond donors (Lipinski definition) is 1. The van der Waals surface area contributed by atoms with Crippen LogP contribution in [0, 0.1) is 0 Å². The third-order valence-corrected chi connectivity index (χ3v) is 4.48. The van der Waals surface area contributed by atoms with Gasteiger partial charge in [0.2, 0.25) is 0 Å². The Balaban J connectivity index is 1.70. The van der Waals surface area contributed by atoms with Crippen molar-refractivity contribution >= 4 is 17.8 Å². The van der Waals surface area contributed by atoms with Crippen LogP contribution in [-0.2, 0) is 9.53 Å². The summed E-state index contributed by atoms with van der Waals surface area (Å²) in [4.78, 5) is 30.8. The van der Waals surface area contributed by atoms with E-state index in [-0.39, 0.29) is 12.0 Å². The van der Waals surface area contributed by atoms with E-state index in [1.165, 1.54) is 0 Å². The lowest BCUT2D eigenvalue weighted by atomic mass is 10.1. The zero-order chi connectivity index (χ0) is 21.9. The zero-order valence-corrected chi connectivity index (χ0v) is 18.1. The fourth-order valence-corrected chi connectivity index (χ4v) is 3.26. The van der Waals surface area contributed by atoms with Crippen LogP contribution in [-0.4, -0.2) is 41.3 Å². The fraction of sp³-hybridized carbons (Fsp3) is 0.435. The van der Waals surface area contributed by atoms with Crippen LogP contribution in [0.15, 0.2) is 42.6 Å². The standard InChI is InChI=1S/C23H29N3O4/c1-15(2)29-19-9-7-6-8-17(19)16-10-11-20(24-14-16)26-13-12-18(21(26)27)25-22(28)30-23(3,4)5/h6-11,14-15,18H,12-13H2,1-5H3,(H,25,28)/t18-/m0/s1. The minimum Gasteiger partial charge on any atom is -0.490 e. The maximum Gasteiger partial charge on any atom is 0.408 e. The number of pyridine rings is 1. The van der Waals surface area contributed by atoms with Crippen molar-refractivity contribution in [3.63, 3.8) is 0 Å². The Labute approximate surface area is 177 Å². The number of nitrogens with one attached hydrogen (secondary N) is 1. The molecule has 2 amide bonds. The molecule has 1 aliphatic rings. The Morgan fingerprint density at radius 2 is 1.93 bits per heavy atom. The second-order valence-corrected chi connectivity index (χ2v) is 8.55. The molecule has 1 atom stereocenters. The normalized spacial score (nSPS) is 16.7. The van der Waals surface area contributed by atoms with Crippen LogP contribution >= 0.6 is 0 Å². The molecule has 2 aromatic rings. The molecule has 0 aliphatic carbocycles. The van der Waals surface area contributed by atoms with Gasteiger partial charge in [0.05, 0.1) is 6.10 Å². The van der Waals surface area contributed by atoms with E-state index in [9.17, 15) is 9.59 Å². The van der Waals surface area contributed by atoms with Crippen LogP contribution in [0.3, 0.4) is 0 Å². The summed E-state index contributed by atoms with van der Waals surface area (Å²) in [6, 6.07) is 10.9. The van der Waals surface area contributed by atoms with Crippen LogP contribution in [0.4, 0.5) is 10.6 Å². The number of benzene rings is 1. The second-order valence-electron chi connectivity index (χ2n) is 8.55. The number of aromatic nitrogens is 1. The van der Waals surface area contributed by atoms with Crippen molar-refractivity contribution in [1.29, 1.82) is 0 Å². The summed E-state index contributed by atoms with van der Waals surface area (Å²) in [5, 5.41) is 2.65. The van der Waals surface area contributed by atoms with Gasteiger partial charge in [-0.25, -0.2) is 9.78 Å². The average molecular weight is 412 g/mol. The van der Waals surface area contributed by atoms with Crippen LogP contribution in [0.5, 0.6) is 5.75 Å². The minimum atomic E-state index is -0.613. The smallest absolute Gasteiger partial charge is 0.408 e. The minimum absolute atomic E-state index is 0.0648. The third-order valence-electron chi connectivity index (χ3n) is 4.48. The van der Waals surface area contributed by atoms with Crippen LogP contribution in [0.1, 0.15) is 41.0 Å². The largest absolute Gasteiger partial charge is 0.490 e. The summed E-state index contributed by atoms with van der Waals surface area (Å²) in [5.41, 5.74) is 1.24. The Kier molecular flexibility index (Phi) is 6.29. The molecule has 2 heterocycles. The molecule has 1 aliphatic heterocycles. The monoisotopic (exact) mass is 411 g/mol. The molecule has 1 saturated heterocycles. The molecule has 0 bridgehead atoms. The lowest BCUT2D eigenvalue weighted by molar-refractivity contribution is -0.118. The van der Waals surface area contributed by atoms with Gasteiger partial charge in [0.15, 0.2) is 0 Å². The number of hydrogen-bond acceptors (Lipinski definition) is 5. The number of carbonyl (C=O) groups is 2. The predicted octanol–water partition coefficient (Wildman–Crippen LogP) is 4.17. The number of amides is 2. The van der Waals surface area contributed by atoms with Gasteiger partial charge in [-0.2, -0.15) is 0 Å². The number of anilines is 1. The van der Waals surface area contributed by atoms with Gasteiger partial charge >= 0.3 is 6.09 Å². The van der Waals surface area contributed by atoms with Crippen LogP contribution in [0.25, 0.3) is 11.1 Å². The van der Waals surface area contributed by atoms with E-state index in [1.807, 2.05) is 50.2 Å². The first-order chi connectivity index (χ1) is 14.1. The van der Waals surface area contributed by atoms with Gasteiger partial charge < -0.3 is 14.8 Å². The van der Waals surface area contributed by atoms with Crippen molar-refractivity contribution in [1.82, 2.24) is 10.3 Å². The molecule has 1 N–H and O–H groups in total. The van der Waals surface area contributed by atoms with E-state index in [0.29, 0.717) is 18.8 Å². The third kappa shape index (κ3) is 5.28. The molecule has 0 saturated carbocycles. The molecule has 7 heteroatoms. The number of para-hydroxylation sites is 1. The first kappa shape index (κ1) is 21.6. The first-order valence-electron chi connectivity index (χ1n) is 10.2. The molecular weight excluding hydrogens is 382 g/mol. The van der Waals surface area contributed by atoms with E-state index in [0.717, 1.165) is 16.9 Å². The summed E-state index contributed by atoms with van der Waals surface area (Å²) < 4.78 is 11.1. The van der Waals surface area contributed by atoms with Gasteiger partial charge in [0.25, 0.3) is 5.91 Å². The molecule has 30 heavy (non-hydrogen) atoms. The summed E-state index contributed by atoms with van der Waals surface area (Å²) in [7, 11) is 0. The van der Waals surface area contributed by atoms with Crippen molar-refractivity contribution in [3.05, 3.63) is 42.6 Å². The lowest BCUT2D eigenvalue weighted by Gasteiger charge is -2.21. The highest BCUT2D eigenvalue weighted by Crippen LogP contribution is 2.31. The quantitative estimate of drug-likeness (QED) is 0.799. The Hall–Kier alpha value is -3.09. The van der Waals surface area contributed by atoms with Gasteiger partial charge in [0, 0.05) is 23.9 Å². The number of alkyl carbamates (subject to hydrolysis) is 1. The highest BCUT2D eigenvalue weighted by atomic mass is 16.6. The predicted molar refractivity (Wildman–Crippen MR) is 116 cm³/mol. The molecule has 1 aromatic carbocycles. The maximum atomic E-state index is 12.7. The lowest BCUT2D eigenvalue weighted by Crippen LogP contribution is -2.43. The maximum absolute atomic E-state index is 12.7. The second kappa shape index (κ2) is 8.73. The Morgan fingerprint density at radius 3 is 2.57 bits per heavy atom. The molecule has 7 nitrogen and oxygen atoms in total. The van der Waals surface area contributed by atoms with Gasteiger partial charge in [0.1, 0.15) is 23.2 Å². The number of rotatable bonds is 5. The van der Waals surface area contributed by atoms with E-state index in [1.54, 1.807) is 31.9 Å². The number of carbonyl (C=O) groups excluding carboxylic acids is 2. The summed E-state index contributed by atoms with van der Waals surface area (Å²) in [5.74, 6) is 1.16. The molecule has 1 fully saturated rings. The number of ether oxygens (including phenoxy) is 2. The molecular formula is C23H29N3O4. The SMILES string of the molecule is CC(C)Oc1ccccc1-c1ccc(N2CC[C@H](NC(=O)OC(C)(C)C)C2=O)nc1. The zero-order valence-electron chi connectivity index (χ0n) is 18.1. The summed E-state index contributed by atoms with van der Waals surface area (Å²) >= 11 is 0. The highest BCUT2D eigenvalue weighted by Gasteiger charge is 2.35. The van der Waals surface area contributed by atoms with Gasteiger partial charge in [-0.15, -0.1) is 0 Å². The fourth-order valence-electron chi connectivity index (χ4n) is 3.26. The molecule has 1 aromatic heterocycles. The van der Waals surface area contributed by atoms with Crippen molar-refractivity contribution in [2.75, 3.05) is 11.4 Å². The summed E-state index contributed by atoms with van der Waals surface area (Å²) in [6.45, 7) is 9.80. The average Bonchev–Trinajstić information content (AvgIpc) is 3.01. The summed E-state index contributed by atoms with van der Waals surface area (Å²) in [6.07, 6.45) is 1.72. The first-order valence-corrected chi connectivity index (χ1v) is 10.2. The molecule has 3 rings (SSSR count). The van der Waals surface area contributed by atoms with Crippen LogP contribution < -0.4 is 15.0 Å². The van der Waals surface area contributed by atoms with Gasteiger partial charge in [-0.3, -0.25) is 9.69 Å². The Bertz CT molecular complexity index is 903. The Morgan fingerprint density at radius 1 is 1.20 bits per heavy atom. The van der Waals surface area contributed by atoms with Crippen molar-refractivity contribution in [2.24, 2.45) is 0 Å². The van der Waals surface area contributed by atoms with Gasteiger partial charge in [-0.1, -0.05) is 18.2 Å². The molecule has 0 radical (unpaired) electrons. The van der Waals surface area contributed by atoms with Crippen LogP contribution in [0.2, 0.25) is 0 Å². The van der Waals surface area contributed by atoms with E-state index in [4.69, 9.17) is 9.47 Å². The van der Waals surface area contributed by atoms with Crippen molar-refractivity contribution < 1.29 is 19.1 Å². The highest BCUT2D eigenvalue weighted by molar-refractivity contribution is 6.00.